The topological polar surface area (TPSA) is 45.4 Å². The summed E-state index contributed by atoms with van der Waals surface area (Å²) in [6.07, 6.45) is 9.44. The monoisotopic (exact) mass is 210 g/mol. The Bertz CT molecular complexity index is 226. The maximum atomic E-state index is 7.13. The molecule has 1 N–H and O–H groups in total. The zero-order chi connectivity index (χ0) is 11.1. The number of nitrogens with one attached hydrogen (secondary N) is 1. The highest BCUT2D eigenvalue weighted by Gasteiger charge is 2.33. The minimum atomic E-state index is 0.00300. The Balaban J connectivity index is 1.89. The Kier molecular flexibility index (Phi) is 5.37. The minimum absolute atomic E-state index is 0.00300. The fraction of sp³-hybridized carbons (Fsp3) is 0.833. The van der Waals surface area contributed by atoms with Crippen LogP contribution < -0.4 is 0 Å². The molecule has 0 heterocycles. The van der Waals surface area contributed by atoms with Gasteiger partial charge in [-0.15, -0.1) is 0 Å². The summed E-state index contributed by atoms with van der Waals surface area (Å²) in [4.78, 5) is 3.84. The van der Waals surface area contributed by atoms with Crippen molar-refractivity contribution in [2.24, 2.45) is 16.8 Å². The second kappa shape index (κ2) is 6.59. The Morgan fingerprint density at radius 1 is 1.47 bits per heavy atom. The van der Waals surface area contributed by atoms with E-state index < -0.39 is 0 Å². The molecule has 0 spiro atoms. The summed E-state index contributed by atoms with van der Waals surface area (Å²) in [7, 11) is 1.47. The Morgan fingerprint density at radius 3 is 2.87 bits per heavy atom. The molecule has 0 saturated heterocycles. The lowest BCUT2D eigenvalue weighted by molar-refractivity contribution is 0.393. The summed E-state index contributed by atoms with van der Waals surface area (Å²) >= 11 is 0. The highest BCUT2D eigenvalue weighted by atomic mass is 16.5. The van der Waals surface area contributed by atoms with Crippen molar-refractivity contribution in [3.8, 4) is 0 Å². The number of aliphatic imine (C=N–C) groups is 1. The average molecular weight is 210 g/mol. The molecular formula is C12H22N2O. The second-order valence-electron chi connectivity index (χ2n) is 4.27. The van der Waals surface area contributed by atoms with Crippen molar-refractivity contribution >= 4 is 12.2 Å². The van der Waals surface area contributed by atoms with E-state index in [1.165, 1.54) is 39.2 Å². The molecule has 1 aliphatic rings. The largest absolute Gasteiger partial charge is 0.467 e. The molecule has 0 aromatic heterocycles. The van der Waals surface area contributed by atoms with E-state index in [1.54, 1.807) is 6.21 Å². The van der Waals surface area contributed by atoms with Crippen LogP contribution in [0.15, 0.2) is 4.99 Å². The lowest BCUT2D eigenvalue weighted by atomic mass is 10.1. The molecule has 0 bridgehead atoms. The van der Waals surface area contributed by atoms with Crippen molar-refractivity contribution in [3.63, 3.8) is 0 Å². The van der Waals surface area contributed by atoms with Crippen molar-refractivity contribution in [2.45, 2.75) is 45.4 Å². The van der Waals surface area contributed by atoms with Gasteiger partial charge in [-0.25, -0.2) is 10.4 Å². The summed E-state index contributed by atoms with van der Waals surface area (Å²) in [6, 6.07) is 0.00300. The molecule has 86 valence electrons. The molecule has 3 nitrogen and oxygen atoms in total. The van der Waals surface area contributed by atoms with E-state index in [1.807, 2.05) is 0 Å². The molecule has 3 heteroatoms. The van der Waals surface area contributed by atoms with Crippen molar-refractivity contribution in [3.05, 3.63) is 0 Å². The predicted molar refractivity (Wildman–Crippen MR) is 63.6 cm³/mol. The molecule has 0 amide bonds. The number of hydrogen-bond donors (Lipinski definition) is 1. The van der Waals surface area contributed by atoms with Gasteiger partial charge in [0.05, 0.1) is 7.11 Å². The molecule has 1 fully saturated rings. The van der Waals surface area contributed by atoms with E-state index in [4.69, 9.17) is 5.41 Å². The maximum Gasteiger partial charge on any atom is 0.308 e. The molecule has 1 saturated carbocycles. The molecule has 0 radical (unpaired) electrons. The fourth-order valence-electron chi connectivity index (χ4n) is 2.01. The zero-order valence-corrected chi connectivity index (χ0v) is 9.83. The van der Waals surface area contributed by atoms with Crippen LogP contribution in [0.2, 0.25) is 0 Å². The van der Waals surface area contributed by atoms with Gasteiger partial charge in [0.2, 0.25) is 0 Å². The van der Waals surface area contributed by atoms with Gasteiger partial charge in [-0.3, -0.25) is 0 Å². The molecule has 2 atom stereocenters. The first-order chi connectivity index (χ1) is 7.27. The van der Waals surface area contributed by atoms with E-state index in [0.29, 0.717) is 0 Å². The number of hydrogen-bond acceptors (Lipinski definition) is 2. The van der Waals surface area contributed by atoms with Crippen molar-refractivity contribution in [1.29, 1.82) is 5.41 Å². The van der Waals surface area contributed by atoms with Gasteiger partial charge < -0.3 is 4.74 Å². The van der Waals surface area contributed by atoms with Gasteiger partial charge in [0.25, 0.3) is 0 Å². The van der Waals surface area contributed by atoms with Crippen molar-refractivity contribution < 1.29 is 4.74 Å². The Hall–Kier alpha value is -0.860. The number of amidine groups is 1. The summed E-state index contributed by atoms with van der Waals surface area (Å²) in [5.41, 5.74) is 0. The fourth-order valence-corrected chi connectivity index (χ4v) is 2.01. The molecule has 1 aliphatic carbocycles. The highest BCUT2D eigenvalue weighted by Crippen LogP contribution is 2.44. The SMILES string of the molecule is CC[C@H]1C[C@@H]1CCCC/C=N\C(=N)OC. The van der Waals surface area contributed by atoms with E-state index in [2.05, 4.69) is 16.7 Å². The van der Waals surface area contributed by atoms with Gasteiger partial charge in [-0.05, 0) is 31.1 Å². The number of nitrogens with zero attached hydrogens (tertiary/aromatic N) is 1. The van der Waals surface area contributed by atoms with Crippen LogP contribution in [0.5, 0.6) is 0 Å². The van der Waals surface area contributed by atoms with Gasteiger partial charge in [0, 0.05) is 6.21 Å². The number of ether oxygens (including phenoxy) is 1. The summed E-state index contributed by atoms with van der Waals surface area (Å²) in [5.74, 6) is 2.05. The zero-order valence-electron chi connectivity index (χ0n) is 9.83. The molecular weight excluding hydrogens is 188 g/mol. The first-order valence-corrected chi connectivity index (χ1v) is 5.93. The lowest BCUT2D eigenvalue weighted by Gasteiger charge is -1.97. The van der Waals surface area contributed by atoms with Gasteiger partial charge in [-0.2, -0.15) is 0 Å². The number of methoxy groups -OCH3 is 1. The molecule has 0 unspecified atom stereocenters. The molecule has 0 aromatic rings. The van der Waals surface area contributed by atoms with Crippen LogP contribution in [0.4, 0.5) is 0 Å². The van der Waals surface area contributed by atoms with Crippen LogP contribution in [0.1, 0.15) is 45.4 Å². The van der Waals surface area contributed by atoms with E-state index in [-0.39, 0.29) is 6.02 Å². The van der Waals surface area contributed by atoms with Crippen molar-refractivity contribution in [2.75, 3.05) is 7.11 Å². The van der Waals surface area contributed by atoms with E-state index in [0.717, 1.165) is 18.3 Å². The smallest absolute Gasteiger partial charge is 0.308 e. The highest BCUT2D eigenvalue weighted by molar-refractivity contribution is 5.80. The third kappa shape index (κ3) is 4.96. The molecule has 1 rings (SSSR count). The summed E-state index contributed by atoms with van der Waals surface area (Å²) < 4.78 is 4.62. The second-order valence-corrected chi connectivity index (χ2v) is 4.27. The van der Waals surface area contributed by atoms with Crippen LogP contribution in [0.25, 0.3) is 0 Å². The average Bonchev–Trinajstić information content (AvgIpc) is 3.01. The van der Waals surface area contributed by atoms with Crippen molar-refractivity contribution in [1.82, 2.24) is 0 Å². The minimum Gasteiger partial charge on any atom is -0.467 e. The normalized spacial score (nSPS) is 24.4. The first kappa shape index (κ1) is 12.2. The lowest BCUT2D eigenvalue weighted by Crippen LogP contribution is -1.94. The van der Waals surface area contributed by atoms with Crippen LogP contribution in [0, 0.1) is 17.2 Å². The summed E-state index contributed by atoms with van der Waals surface area (Å²) in [6.45, 7) is 2.29. The number of rotatable bonds is 6. The quantitative estimate of drug-likeness (QED) is 0.408. The summed E-state index contributed by atoms with van der Waals surface area (Å²) in [5, 5.41) is 7.13. The Morgan fingerprint density at radius 2 is 2.27 bits per heavy atom. The van der Waals surface area contributed by atoms with Crippen LogP contribution in [-0.4, -0.2) is 19.3 Å². The third-order valence-electron chi connectivity index (χ3n) is 3.15. The van der Waals surface area contributed by atoms with Gasteiger partial charge >= 0.3 is 6.02 Å². The van der Waals surface area contributed by atoms with Crippen LogP contribution in [-0.2, 0) is 4.74 Å². The van der Waals surface area contributed by atoms with Crippen LogP contribution >= 0.6 is 0 Å². The predicted octanol–water partition coefficient (Wildman–Crippen LogP) is 3.24. The standard InChI is InChI=1S/C12H22N2O/c1-3-10-9-11(10)7-5-4-6-8-14-12(13)15-2/h8,10-11,13H,3-7,9H2,1-2H3/b13-12?,14-8-/t10-,11-/m0/s1. The van der Waals surface area contributed by atoms with Gasteiger partial charge in [0.1, 0.15) is 0 Å². The van der Waals surface area contributed by atoms with Crippen LogP contribution in [0.3, 0.4) is 0 Å². The van der Waals surface area contributed by atoms with Gasteiger partial charge in [-0.1, -0.05) is 26.2 Å². The number of unbranched alkanes of at least 4 members (excludes halogenated alkanes) is 2. The van der Waals surface area contributed by atoms with Gasteiger partial charge in [0.15, 0.2) is 0 Å². The van der Waals surface area contributed by atoms with E-state index >= 15 is 0 Å². The van der Waals surface area contributed by atoms with E-state index in [9.17, 15) is 0 Å². The maximum absolute atomic E-state index is 7.13. The first-order valence-electron chi connectivity index (χ1n) is 5.93. The molecule has 0 aliphatic heterocycles. The molecule has 0 aromatic carbocycles. The third-order valence-corrected chi connectivity index (χ3v) is 3.15. The molecule has 15 heavy (non-hydrogen) atoms. The Labute approximate surface area is 92.4 Å².